The van der Waals surface area contributed by atoms with Gasteiger partial charge >= 0.3 is 0 Å². The van der Waals surface area contributed by atoms with Crippen molar-refractivity contribution in [3.63, 3.8) is 0 Å². The van der Waals surface area contributed by atoms with Crippen molar-refractivity contribution in [2.24, 2.45) is 0 Å². The van der Waals surface area contributed by atoms with Gasteiger partial charge in [-0.15, -0.1) is 0 Å². The second-order valence-corrected chi connectivity index (χ2v) is 4.57. The van der Waals surface area contributed by atoms with Gasteiger partial charge in [0.05, 0.1) is 19.0 Å². The SMILES string of the molecule is COc1ccc(NC(=O)c2ccc(-c3ccccc3)o2)cn1. The Hall–Kier alpha value is -3.08. The van der Waals surface area contributed by atoms with Gasteiger partial charge in [-0.1, -0.05) is 30.3 Å². The summed E-state index contributed by atoms with van der Waals surface area (Å²) in [7, 11) is 1.54. The van der Waals surface area contributed by atoms with Crippen LogP contribution in [0.1, 0.15) is 10.6 Å². The number of amides is 1. The molecule has 5 heteroatoms. The van der Waals surface area contributed by atoms with Gasteiger partial charge in [-0.05, 0) is 18.2 Å². The largest absolute Gasteiger partial charge is 0.481 e. The molecule has 0 bridgehead atoms. The Morgan fingerprint density at radius 2 is 1.91 bits per heavy atom. The van der Waals surface area contributed by atoms with E-state index in [4.69, 9.17) is 9.15 Å². The van der Waals surface area contributed by atoms with Gasteiger partial charge in [0.25, 0.3) is 5.91 Å². The van der Waals surface area contributed by atoms with E-state index in [9.17, 15) is 4.79 Å². The van der Waals surface area contributed by atoms with Gasteiger partial charge in [0, 0.05) is 11.6 Å². The molecule has 0 aliphatic heterocycles. The number of hydrogen-bond donors (Lipinski definition) is 1. The van der Waals surface area contributed by atoms with Crippen LogP contribution in [0.15, 0.2) is 65.2 Å². The minimum Gasteiger partial charge on any atom is -0.481 e. The minimum absolute atomic E-state index is 0.245. The smallest absolute Gasteiger partial charge is 0.291 e. The van der Waals surface area contributed by atoms with E-state index in [-0.39, 0.29) is 11.7 Å². The van der Waals surface area contributed by atoms with Crippen LogP contribution in [0.2, 0.25) is 0 Å². The average Bonchev–Trinajstić information content (AvgIpc) is 3.06. The minimum atomic E-state index is -0.325. The van der Waals surface area contributed by atoms with Crippen molar-refractivity contribution < 1.29 is 13.9 Å². The number of anilines is 1. The summed E-state index contributed by atoms with van der Waals surface area (Å²) in [5, 5.41) is 2.72. The van der Waals surface area contributed by atoms with Gasteiger partial charge in [0.15, 0.2) is 5.76 Å². The van der Waals surface area contributed by atoms with Crippen LogP contribution in [0, 0.1) is 0 Å². The maximum Gasteiger partial charge on any atom is 0.291 e. The lowest BCUT2D eigenvalue weighted by Gasteiger charge is -2.03. The average molecular weight is 294 g/mol. The molecule has 2 heterocycles. The number of methoxy groups -OCH3 is 1. The lowest BCUT2D eigenvalue weighted by Crippen LogP contribution is -2.10. The number of rotatable bonds is 4. The molecule has 3 rings (SSSR count). The molecule has 0 unspecified atom stereocenters. The monoisotopic (exact) mass is 294 g/mol. The van der Waals surface area contributed by atoms with Gasteiger partial charge in [0.1, 0.15) is 5.76 Å². The van der Waals surface area contributed by atoms with E-state index >= 15 is 0 Å². The van der Waals surface area contributed by atoms with E-state index in [1.165, 1.54) is 13.3 Å². The zero-order valence-corrected chi connectivity index (χ0v) is 11.9. The van der Waals surface area contributed by atoms with Gasteiger partial charge in [0.2, 0.25) is 5.88 Å². The number of ether oxygens (including phenoxy) is 1. The molecule has 0 spiro atoms. The van der Waals surface area contributed by atoms with Crippen molar-refractivity contribution >= 4 is 11.6 Å². The maximum absolute atomic E-state index is 12.1. The van der Waals surface area contributed by atoms with Crippen LogP contribution in [0.3, 0.4) is 0 Å². The summed E-state index contributed by atoms with van der Waals surface area (Å²) < 4.78 is 10.6. The molecule has 0 aliphatic carbocycles. The fourth-order valence-electron chi connectivity index (χ4n) is 1.99. The molecule has 0 aliphatic rings. The third-order valence-corrected chi connectivity index (χ3v) is 3.09. The molecule has 3 aromatic rings. The van der Waals surface area contributed by atoms with E-state index in [1.54, 1.807) is 24.3 Å². The molecular weight excluding hydrogens is 280 g/mol. The third-order valence-electron chi connectivity index (χ3n) is 3.09. The first-order valence-electron chi connectivity index (χ1n) is 6.73. The van der Waals surface area contributed by atoms with Crippen LogP contribution in [0.25, 0.3) is 11.3 Å². The van der Waals surface area contributed by atoms with Crippen LogP contribution in [0.4, 0.5) is 5.69 Å². The van der Waals surface area contributed by atoms with Crippen LogP contribution >= 0.6 is 0 Å². The van der Waals surface area contributed by atoms with E-state index in [2.05, 4.69) is 10.3 Å². The van der Waals surface area contributed by atoms with Gasteiger partial charge in [-0.25, -0.2) is 4.98 Å². The van der Waals surface area contributed by atoms with Crippen molar-refractivity contribution in [3.05, 3.63) is 66.6 Å². The number of pyridine rings is 1. The van der Waals surface area contributed by atoms with Crippen molar-refractivity contribution in [2.45, 2.75) is 0 Å². The van der Waals surface area contributed by atoms with Gasteiger partial charge in [-0.3, -0.25) is 4.79 Å². The number of benzene rings is 1. The second kappa shape index (κ2) is 6.13. The molecule has 0 fully saturated rings. The quantitative estimate of drug-likeness (QED) is 0.798. The second-order valence-electron chi connectivity index (χ2n) is 4.57. The van der Waals surface area contributed by atoms with Crippen molar-refractivity contribution in [1.29, 1.82) is 0 Å². The van der Waals surface area contributed by atoms with Crippen LogP contribution in [0.5, 0.6) is 5.88 Å². The Labute approximate surface area is 127 Å². The molecule has 5 nitrogen and oxygen atoms in total. The molecule has 0 saturated carbocycles. The normalized spacial score (nSPS) is 10.2. The Bertz CT molecular complexity index is 764. The molecule has 0 atom stereocenters. The molecule has 1 N–H and O–H groups in total. The highest BCUT2D eigenvalue weighted by atomic mass is 16.5. The highest BCUT2D eigenvalue weighted by molar-refractivity contribution is 6.02. The van der Waals surface area contributed by atoms with Crippen LogP contribution < -0.4 is 10.1 Å². The number of nitrogens with zero attached hydrogens (tertiary/aromatic N) is 1. The van der Waals surface area contributed by atoms with Crippen molar-refractivity contribution in [1.82, 2.24) is 4.98 Å². The van der Waals surface area contributed by atoms with E-state index in [0.717, 1.165) is 5.56 Å². The standard InChI is InChI=1S/C17H14N2O3/c1-21-16-10-7-13(11-18-16)19-17(20)15-9-8-14(22-15)12-5-3-2-4-6-12/h2-11H,1H3,(H,19,20). The first-order chi connectivity index (χ1) is 10.8. The van der Waals surface area contributed by atoms with E-state index in [0.29, 0.717) is 17.3 Å². The predicted octanol–water partition coefficient (Wildman–Crippen LogP) is 3.60. The predicted molar refractivity (Wildman–Crippen MR) is 82.9 cm³/mol. The molecule has 0 saturated heterocycles. The first kappa shape index (κ1) is 13.9. The van der Waals surface area contributed by atoms with Crippen LogP contribution in [-0.4, -0.2) is 18.0 Å². The molecule has 1 amide bonds. The summed E-state index contributed by atoms with van der Waals surface area (Å²) in [6, 6.07) is 16.4. The topological polar surface area (TPSA) is 64.4 Å². The number of nitrogens with one attached hydrogen (secondary N) is 1. The maximum atomic E-state index is 12.1. The zero-order valence-electron chi connectivity index (χ0n) is 11.9. The molecule has 0 radical (unpaired) electrons. The summed E-state index contributed by atoms with van der Waals surface area (Å²) in [4.78, 5) is 16.2. The number of hydrogen-bond acceptors (Lipinski definition) is 4. The highest BCUT2D eigenvalue weighted by Gasteiger charge is 2.12. The summed E-state index contributed by atoms with van der Waals surface area (Å²) >= 11 is 0. The summed E-state index contributed by atoms with van der Waals surface area (Å²) in [5.74, 6) is 1.06. The third kappa shape index (κ3) is 2.98. The summed E-state index contributed by atoms with van der Waals surface area (Å²) in [6.07, 6.45) is 1.53. The number of aromatic nitrogens is 1. The summed E-state index contributed by atoms with van der Waals surface area (Å²) in [5.41, 5.74) is 1.50. The van der Waals surface area contributed by atoms with Crippen LogP contribution in [-0.2, 0) is 0 Å². The van der Waals surface area contributed by atoms with Crippen molar-refractivity contribution in [3.8, 4) is 17.2 Å². The molecule has 1 aromatic carbocycles. The van der Waals surface area contributed by atoms with Gasteiger partial charge < -0.3 is 14.5 Å². The molecule has 110 valence electrons. The van der Waals surface area contributed by atoms with Gasteiger partial charge in [-0.2, -0.15) is 0 Å². The Morgan fingerprint density at radius 3 is 2.59 bits per heavy atom. The number of carbonyl (C=O) groups is 1. The number of furan rings is 1. The highest BCUT2D eigenvalue weighted by Crippen LogP contribution is 2.22. The Balaban J connectivity index is 1.74. The lowest BCUT2D eigenvalue weighted by atomic mass is 10.2. The molecular formula is C17H14N2O3. The summed E-state index contributed by atoms with van der Waals surface area (Å²) in [6.45, 7) is 0. The molecule has 22 heavy (non-hydrogen) atoms. The Morgan fingerprint density at radius 1 is 1.09 bits per heavy atom. The van der Waals surface area contributed by atoms with Crippen molar-refractivity contribution in [2.75, 3.05) is 12.4 Å². The first-order valence-corrected chi connectivity index (χ1v) is 6.73. The molecule has 2 aromatic heterocycles. The zero-order chi connectivity index (χ0) is 15.4. The lowest BCUT2D eigenvalue weighted by molar-refractivity contribution is 0.0997. The van der Waals surface area contributed by atoms with E-state index in [1.807, 2.05) is 30.3 Å². The number of carbonyl (C=O) groups excluding carboxylic acids is 1. The van der Waals surface area contributed by atoms with E-state index < -0.39 is 0 Å². The fraction of sp³-hybridized carbons (Fsp3) is 0.0588. The fourth-order valence-corrected chi connectivity index (χ4v) is 1.99. The Kier molecular flexibility index (Phi) is 3.87.